The number of nitrogens with zero attached hydrogens (tertiary/aromatic N) is 3. The Kier molecular flexibility index (Phi) is 4.04. The van der Waals surface area contributed by atoms with Crippen molar-refractivity contribution in [2.75, 3.05) is 0 Å². The first-order valence-electron chi connectivity index (χ1n) is 7.97. The molecule has 5 nitrogen and oxygen atoms in total. The van der Waals surface area contributed by atoms with Gasteiger partial charge in [0.05, 0.1) is 40.8 Å². The van der Waals surface area contributed by atoms with Crippen LogP contribution in [-0.2, 0) is 12.0 Å². The van der Waals surface area contributed by atoms with Crippen molar-refractivity contribution >= 4 is 11.0 Å². The lowest BCUT2D eigenvalue weighted by Gasteiger charge is -2.24. The molecule has 0 aliphatic heterocycles. The molecule has 0 saturated heterocycles. The highest BCUT2D eigenvalue weighted by molar-refractivity contribution is 5.84. The van der Waals surface area contributed by atoms with Crippen LogP contribution in [0, 0.1) is 29.6 Å². The summed E-state index contributed by atoms with van der Waals surface area (Å²) in [5.74, 6) is 0.825. The third-order valence-corrected chi connectivity index (χ3v) is 4.13. The summed E-state index contributed by atoms with van der Waals surface area (Å²) in [5, 5.41) is 29.2. The molecule has 0 aliphatic carbocycles. The van der Waals surface area contributed by atoms with Gasteiger partial charge in [-0.25, -0.2) is 4.98 Å². The van der Waals surface area contributed by atoms with E-state index in [1.54, 1.807) is 19.9 Å². The number of imidazole rings is 1. The predicted molar refractivity (Wildman–Crippen MR) is 95.5 cm³/mol. The van der Waals surface area contributed by atoms with E-state index in [9.17, 15) is 10.4 Å². The average molecular weight is 330 g/mol. The van der Waals surface area contributed by atoms with Crippen LogP contribution in [0.5, 0.6) is 0 Å². The molecule has 0 radical (unpaired) electrons. The van der Waals surface area contributed by atoms with Gasteiger partial charge in [0, 0.05) is 5.56 Å². The van der Waals surface area contributed by atoms with Crippen LogP contribution in [0.25, 0.3) is 22.2 Å². The van der Waals surface area contributed by atoms with Gasteiger partial charge in [-0.2, -0.15) is 10.5 Å². The molecule has 1 heterocycles. The molecule has 1 aromatic heterocycles. The fraction of sp³-hybridized carbons (Fsp3) is 0.250. The number of H-pyrrole nitrogens is 1. The Morgan fingerprint density at radius 3 is 2.60 bits per heavy atom. The van der Waals surface area contributed by atoms with Crippen molar-refractivity contribution in [3.05, 3.63) is 52.8 Å². The maximum Gasteiger partial charge on any atom is 0.104 e. The number of aromatic amines is 1. The molecule has 0 fully saturated rings. The van der Waals surface area contributed by atoms with Crippen molar-refractivity contribution in [1.82, 2.24) is 9.97 Å². The molecule has 25 heavy (non-hydrogen) atoms. The molecule has 0 amide bonds. The lowest BCUT2D eigenvalue weighted by Crippen LogP contribution is -2.19. The van der Waals surface area contributed by atoms with Crippen LogP contribution in [-0.4, -0.2) is 15.1 Å². The topological polar surface area (TPSA) is 96.5 Å². The van der Waals surface area contributed by atoms with Crippen molar-refractivity contribution in [2.45, 2.75) is 32.8 Å². The zero-order valence-corrected chi connectivity index (χ0v) is 14.4. The second-order valence-electron chi connectivity index (χ2n) is 6.63. The maximum absolute atomic E-state index is 10.6. The van der Waals surface area contributed by atoms with Crippen molar-refractivity contribution in [3.8, 4) is 23.3 Å². The van der Waals surface area contributed by atoms with E-state index in [0.29, 0.717) is 11.1 Å². The SMILES string of the molecule is Cc1nc2cc(-c3cc(CC#N)cc(C#N)c3C(C)(C)O)ccc2[nH]1. The van der Waals surface area contributed by atoms with Crippen molar-refractivity contribution in [2.24, 2.45) is 0 Å². The van der Waals surface area contributed by atoms with E-state index in [1.807, 2.05) is 31.2 Å². The Morgan fingerprint density at radius 2 is 1.96 bits per heavy atom. The number of aryl methyl sites for hydroxylation is 1. The van der Waals surface area contributed by atoms with Crippen molar-refractivity contribution < 1.29 is 5.11 Å². The van der Waals surface area contributed by atoms with Crippen molar-refractivity contribution in [3.63, 3.8) is 0 Å². The molecular formula is C20H18N4O. The van der Waals surface area contributed by atoms with Crippen LogP contribution < -0.4 is 0 Å². The lowest BCUT2D eigenvalue weighted by atomic mass is 9.84. The molecule has 0 atom stereocenters. The Morgan fingerprint density at radius 1 is 1.20 bits per heavy atom. The summed E-state index contributed by atoms with van der Waals surface area (Å²) in [6.45, 7) is 5.21. The third kappa shape index (κ3) is 3.10. The number of nitriles is 2. The van der Waals surface area contributed by atoms with Crippen LogP contribution in [0.15, 0.2) is 30.3 Å². The summed E-state index contributed by atoms with van der Waals surface area (Å²) in [6.07, 6.45) is 0.206. The summed E-state index contributed by atoms with van der Waals surface area (Å²) in [7, 11) is 0. The van der Waals surface area contributed by atoms with E-state index in [1.165, 1.54) is 0 Å². The normalized spacial score (nSPS) is 11.3. The predicted octanol–water partition coefficient (Wildman–Crippen LogP) is 3.70. The van der Waals surface area contributed by atoms with Crippen LogP contribution in [0.1, 0.15) is 36.4 Å². The molecule has 3 rings (SSSR count). The Bertz CT molecular complexity index is 1040. The molecule has 0 unspecified atom stereocenters. The monoisotopic (exact) mass is 330 g/mol. The van der Waals surface area contributed by atoms with Crippen molar-refractivity contribution in [1.29, 1.82) is 10.5 Å². The van der Waals surface area contributed by atoms with E-state index in [2.05, 4.69) is 22.1 Å². The molecule has 0 bridgehead atoms. The van der Waals surface area contributed by atoms with Gasteiger partial charge in [0.25, 0.3) is 0 Å². The number of hydrogen-bond acceptors (Lipinski definition) is 4. The van der Waals surface area contributed by atoms with E-state index < -0.39 is 5.60 Å². The Hall–Kier alpha value is -3.15. The van der Waals surface area contributed by atoms with Gasteiger partial charge in [0.15, 0.2) is 0 Å². The van der Waals surface area contributed by atoms with E-state index in [0.717, 1.165) is 33.5 Å². The quantitative estimate of drug-likeness (QED) is 0.765. The molecule has 2 N–H and O–H groups in total. The number of fused-ring (bicyclic) bond motifs is 1. The second-order valence-corrected chi connectivity index (χ2v) is 6.63. The number of aliphatic hydroxyl groups is 1. The fourth-order valence-electron chi connectivity index (χ4n) is 3.17. The van der Waals surface area contributed by atoms with E-state index in [-0.39, 0.29) is 6.42 Å². The number of rotatable bonds is 3. The first kappa shape index (κ1) is 16.7. The lowest BCUT2D eigenvalue weighted by molar-refractivity contribution is 0.0789. The van der Waals surface area contributed by atoms with Crippen LogP contribution in [0.2, 0.25) is 0 Å². The fourth-order valence-corrected chi connectivity index (χ4v) is 3.17. The maximum atomic E-state index is 10.6. The average Bonchev–Trinajstić information content (AvgIpc) is 2.92. The number of nitrogens with one attached hydrogen (secondary N) is 1. The highest BCUT2D eigenvalue weighted by Crippen LogP contribution is 2.36. The third-order valence-electron chi connectivity index (χ3n) is 4.13. The van der Waals surface area contributed by atoms with Gasteiger partial charge in [-0.3, -0.25) is 0 Å². The number of benzene rings is 2. The van der Waals surface area contributed by atoms with Gasteiger partial charge < -0.3 is 10.1 Å². The first-order valence-corrected chi connectivity index (χ1v) is 7.97. The molecular weight excluding hydrogens is 312 g/mol. The van der Waals surface area contributed by atoms with E-state index in [4.69, 9.17) is 5.26 Å². The minimum absolute atomic E-state index is 0.206. The summed E-state index contributed by atoms with van der Waals surface area (Å²) in [5.41, 5.74) is 3.85. The van der Waals surface area contributed by atoms with Gasteiger partial charge in [0.2, 0.25) is 0 Å². The van der Waals surface area contributed by atoms with E-state index >= 15 is 0 Å². The van der Waals surface area contributed by atoms with Gasteiger partial charge in [0.1, 0.15) is 5.82 Å². The van der Waals surface area contributed by atoms with Gasteiger partial charge in [-0.05, 0) is 61.7 Å². The standard InChI is InChI=1S/C20H18N4O/c1-12-23-17-5-4-14(10-18(17)24-12)16-9-13(6-7-21)8-15(11-22)19(16)20(2,3)25/h4-5,8-10,25H,6H2,1-3H3,(H,23,24). The van der Waals surface area contributed by atoms with Crippen LogP contribution in [0.4, 0.5) is 0 Å². The zero-order chi connectivity index (χ0) is 18.2. The summed E-state index contributed by atoms with van der Waals surface area (Å²) in [6, 6.07) is 13.6. The van der Waals surface area contributed by atoms with Crippen LogP contribution >= 0.6 is 0 Å². The van der Waals surface area contributed by atoms with Gasteiger partial charge in [-0.1, -0.05) is 6.07 Å². The molecule has 3 aromatic rings. The molecule has 124 valence electrons. The summed E-state index contributed by atoms with van der Waals surface area (Å²) in [4.78, 5) is 7.64. The van der Waals surface area contributed by atoms with Gasteiger partial charge >= 0.3 is 0 Å². The summed E-state index contributed by atoms with van der Waals surface area (Å²) < 4.78 is 0. The molecule has 0 aliphatic rings. The first-order chi connectivity index (χ1) is 11.8. The van der Waals surface area contributed by atoms with Gasteiger partial charge in [-0.15, -0.1) is 0 Å². The molecule has 2 aromatic carbocycles. The second kappa shape index (κ2) is 6.05. The Balaban J connectivity index is 2.32. The molecule has 0 spiro atoms. The Labute approximate surface area is 146 Å². The zero-order valence-electron chi connectivity index (χ0n) is 14.4. The molecule has 0 saturated carbocycles. The number of hydrogen-bond donors (Lipinski definition) is 2. The summed E-state index contributed by atoms with van der Waals surface area (Å²) >= 11 is 0. The molecule has 5 heteroatoms. The largest absolute Gasteiger partial charge is 0.386 e. The number of aromatic nitrogens is 2. The highest BCUT2D eigenvalue weighted by atomic mass is 16.3. The minimum Gasteiger partial charge on any atom is -0.386 e. The smallest absolute Gasteiger partial charge is 0.104 e. The highest BCUT2D eigenvalue weighted by Gasteiger charge is 2.25. The minimum atomic E-state index is -1.19. The van der Waals surface area contributed by atoms with Crippen LogP contribution in [0.3, 0.4) is 0 Å².